The highest BCUT2D eigenvalue weighted by Gasteiger charge is 2.45. The van der Waals surface area contributed by atoms with Crippen LogP contribution in [0.4, 0.5) is 17.3 Å². The molecule has 0 spiro atoms. The number of aromatic nitrogens is 2. The third kappa shape index (κ3) is 2.15. The average Bonchev–Trinajstić information content (AvgIpc) is 3.32. The smallest absolute Gasteiger partial charge is 0.288 e. The summed E-state index contributed by atoms with van der Waals surface area (Å²) in [7, 11) is 2.17. The summed E-state index contributed by atoms with van der Waals surface area (Å²) in [6.45, 7) is 4.21. The Morgan fingerprint density at radius 2 is 1.92 bits per heavy atom. The number of pyridine rings is 2. The van der Waals surface area contributed by atoms with Crippen molar-refractivity contribution < 1.29 is 28.6 Å². The van der Waals surface area contributed by atoms with Crippen molar-refractivity contribution in [3.05, 3.63) is 41.7 Å². The van der Waals surface area contributed by atoms with E-state index in [0.29, 0.717) is 6.04 Å². The minimum Gasteiger partial charge on any atom is -1.00 e. The van der Waals surface area contributed by atoms with Crippen molar-refractivity contribution in [3.8, 4) is 0 Å². The molecule has 0 atom stereocenters. The van der Waals surface area contributed by atoms with Crippen LogP contribution in [0.1, 0.15) is 24.0 Å². The van der Waals surface area contributed by atoms with Crippen LogP contribution in [-0.4, -0.2) is 46.6 Å². The highest BCUT2D eigenvalue weighted by Crippen LogP contribution is 2.46. The molecule has 4 heterocycles. The quantitative estimate of drug-likeness (QED) is 0.441. The number of aryl methyl sites for hydroxylation is 1. The lowest BCUT2D eigenvalue weighted by atomic mass is 10.2. The molecule has 24 heavy (non-hydrogen) atoms. The first kappa shape index (κ1) is 15.8. The van der Waals surface area contributed by atoms with Gasteiger partial charge < -0.3 is 28.9 Å². The average molecular weight is 433 g/mol. The van der Waals surface area contributed by atoms with Crippen LogP contribution in [0.25, 0.3) is 0 Å². The van der Waals surface area contributed by atoms with Crippen molar-refractivity contribution in [2.24, 2.45) is 0 Å². The number of fused-ring (bicyclic) bond motifs is 5. The minimum absolute atomic E-state index is 0. The molecule has 1 saturated carbocycles. The summed E-state index contributed by atoms with van der Waals surface area (Å²) >= 11 is 0. The number of anilines is 3. The zero-order chi connectivity index (χ0) is 15.6. The molecule has 1 fully saturated rings. The molecule has 2 aromatic rings. The molecule has 3 aliphatic rings. The predicted molar refractivity (Wildman–Crippen MR) is 90.9 cm³/mol. The standard InChI is InChI=1S/C18H20N5.HI/c1-12-7-9-20-17-15(12)22-11-10-21(2)18(22)14-4-3-8-19-16(14)23(17)13-5-6-13;/h3-4,7-9,13H,5-6,10-11H2,1-2H3;1H/q+1;/p-1. The van der Waals surface area contributed by atoms with E-state index in [-0.39, 0.29) is 24.0 Å². The number of hydrogen-bond donors (Lipinski definition) is 0. The molecule has 2 aliphatic heterocycles. The molecular weight excluding hydrogens is 413 g/mol. The topological polar surface area (TPSA) is 35.3 Å². The molecule has 1 aliphatic carbocycles. The summed E-state index contributed by atoms with van der Waals surface area (Å²) < 4.78 is 2.34. The van der Waals surface area contributed by atoms with Gasteiger partial charge in [-0.3, -0.25) is 4.58 Å². The van der Waals surface area contributed by atoms with Gasteiger partial charge in [0, 0.05) is 24.0 Å². The van der Waals surface area contributed by atoms with Crippen LogP contribution in [0.3, 0.4) is 0 Å². The Balaban J connectivity index is 0.00000146. The molecular formula is C18H20IN5. The number of amidine groups is 1. The van der Waals surface area contributed by atoms with Crippen LogP contribution in [0.2, 0.25) is 0 Å². The predicted octanol–water partition coefficient (Wildman–Crippen LogP) is -0.688. The van der Waals surface area contributed by atoms with Crippen LogP contribution < -0.4 is 33.8 Å². The highest BCUT2D eigenvalue weighted by molar-refractivity contribution is 6.14. The molecule has 0 aromatic carbocycles. The van der Waals surface area contributed by atoms with Gasteiger partial charge in [-0.05, 0) is 38.0 Å². The van der Waals surface area contributed by atoms with E-state index in [1.165, 1.54) is 35.5 Å². The molecule has 6 heteroatoms. The largest absolute Gasteiger partial charge is 1.00 e. The lowest BCUT2D eigenvalue weighted by Gasteiger charge is -2.23. The van der Waals surface area contributed by atoms with E-state index >= 15 is 0 Å². The van der Waals surface area contributed by atoms with Crippen molar-refractivity contribution in [3.63, 3.8) is 0 Å². The molecule has 0 bridgehead atoms. The van der Waals surface area contributed by atoms with Crippen LogP contribution in [0.15, 0.2) is 30.6 Å². The van der Waals surface area contributed by atoms with Crippen molar-refractivity contribution in [2.45, 2.75) is 25.8 Å². The lowest BCUT2D eigenvalue weighted by Crippen LogP contribution is -3.00. The van der Waals surface area contributed by atoms with Crippen molar-refractivity contribution in [1.29, 1.82) is 0 Å². The normalized spacial score (nSPS) is 18.6. The minimum atomic E-state index is 0. The molecule has 5 nitrogen and oxygen atoms in total. The first-order valence-corrected chi connectivity index (χ1v) is 8.31. The third-order valence-electron chi connectivity index (χ3n) is 5.05. The van der Waals surface area contributed by atoms with E-state index in [2.05, 4.69) is 40.5 Å². The fraction of sp³-hybridized carbons (Fsp3) is 0.389. The Morgan fingerprint density at radius 3 is 2.71 bits per heavy atom. The summed E-state index contributed by atoms with van der Waals surface area (Å²) in [6, 6.07) is 6.88. The second kappa shape index (κ2) is 5.68. The third-order valence-corrected chi connectivity index (χ3v) is 5.05. The van der Waals surface area contributed by atoms with Crippen LogP contribution in [-0.2, 0) is 0 Å². The van der Waals surface area contributed by atoms with Gasteiger partial charge in [-0.25, -0.2) is 14.9 Å². The van der Waals surface area contributed by atoms with Crippen LogP contribution >= 0.6 is 0 Å². The Hall–Kier alpha value is -1.70. The van der Waals surface area contributed by atoms with E-state index in [9.17, 15) is 0 Å². The van der Waals surface area contributed by atoms with E-state index in [4.69, 9.17) is 9.97 Å². The molecule has 0 N–H and O–H groups in total. The maximum atomic E-state index is 4.78. The molecule has 0 radical (unpaired) electrons. The SMILES string of the molecule is Cc1ccnc2c1N1CC[N+](C)=C1c1cccnc1N2C1CC1.[I-]. The van der Waals surface area contributed by atoms with Crippen molar-refractivity contribution in [2.75, 3.05) is 29.9 Å². The maximum Gasteiger partial charge on any atom is 0.288 e. The van der Waals surface area contributed by atoms with Gasteiger partial charge >= 0.3 is 0 Å². The van der Waals surface area contributed by atoms with Gasteiger partial charge in [0.25, 0.3) is 5.84 Å². The summed E-state index contributed by atoms with van der Waals surface area (Å²) in [4.78, 5) is 14.3. The van der Waals surface area contributed by atoms with Gasteiger partial charge in [0.2, 0.25) is 0 Å². The second-order valence-corrected chi connectivity index (χ2v) is 6.67. The molecule has 124 valence electrons. The monoisotopic (exact) mass is 433 g/mol. The summed E-state index contributed by atoms with van der Waals surface area (Å²) in [5, 5.41) is 0. The summed E-state index contributed by atoms with van der Waals surface area (Å²) in [6.07, 6.45) is 6.26. The number of halogens is 1. The van der Waals surface area contributed by atoms with Gasteiger partial charge in [0.1, 0.15) is 24.5 Å². The Bertz CT molecular complexity index is 843. The first-order valence-electron chi connectivity index (χ1n) is 8.31. The highest BCUT2D eigenvalue weighted by atomic mass is 127. The Kier molecular flexibility index (Phi) is 3.74. The van der Waals surface area contributed by atoms with E-state index in [0.717, 1.165) is 24.7 Å². The molecule has 0 saturated heterocycles. The van der Waals surface area contributed by atoms with Crippen molar-refractivity contribution >= 4 is 23.2 Å². The second-order valence-electron chi connectivity index (χ2n) is 6.67. The first-order chi connectivity index (χ1) is 11.3. The van der Waals surface area contributed by atoms with Gasteiger partial charge in [0.05, 0.1) is 7.05 Å². The Morgan fingerprint density at radius 1 is 1.12 bits per heavy atom. The van der Waals surface area contributed by atoms with Gasteiger partial charge in [0.15, 0.2) is 11.5 Å². The lowest BCUT2D eigenvalue weighted by molar-refractivity contribution is -0.485. The zero-order valence-electron chi connectivity index (χ0n) is 13.9. The molecule has 2 aromatic heterocycles. The maximum absolute atomic E-state index is 4.78. The van der Waals surface area contributed by atoms with Crippen LogP contribution in [0.5, 0.6) is 0 Å². The van der Waals surface area contributed by atoms with Gasteiger partial charge in [-0.15, -0.1) is 0 Å². The Labute approximate surface area is 159 Å². The fourth-order valence-corrected chi connectivity index (χ4v) is 3.82. The zero-order valence-corrected chi connectivity index (χ0v) is 16.1. The number of hydrogen-bond acceptors (Lipinski definition) is 4. The van der Waals surface area contributed by atoms with E-state index in [1.54, 1.807) is 0 Å². The number of rotatable bonds is 1. The number of likely N-dealkylation sites (N-methyl/N-ethyl adjacent to an activating group) is 1. The van der Waals surface area contributed by atoms with E-state index in [1.807, 2.05) is 18.5 Å². The molecule has 5 rings (SSSR count). The van der Waals surface area contributed by atoms with Crippen LogP contribution in [0, 0.1) is 6.92 Å². The van der Waals surface area contributed by atoms with E-state index < -0.39 is 0 Å². The number of nitrogens with zero attached hydrogens (tertiary/aromatic N) is 5. The summed E-state index contributed by atoms with van der Waals surface area (Å²) in [5.74, 6) is 3.38. The van der Waals surface area contributed by atoms with Gasteiger partial charge in [-0.2, -0.15) is 0 Å². The van der Waals surface area contributed by atoms with Crippen molar-refractivity contribution in [1.82, 2.24) is 9.97 Å². The molecule has 0 amide bonds. The summed E-state index contributed by atoms with van der Waals surface area (Å²) in [5.41, 5.74) is 3.75. The van der Waals surface area contributed by atoms with Gasteiger partial charge in [-0.1, -0.05) is 0 Å². The fourth-order valence-electron chi connectivity index (χ4n) is 3.82. The molecule has 0 unspecified atom stereocenters.